The first kappa shape index (κ1) is 8.62. The molecule has 2 atom stereocenters. The zero-order valence-electron chi connectivity index (χ0n) is 7.43. The lowest BCUT2D eigenvalue weighted by atomic mass is 10.1. The smallest absolute Gasteiger partial charge is 0.241 e. The summed E-state index contributed by atoms with van der Waals surface area (Å²) in [6, 6.07) is 0. The Bertz CT molecular complexity index is 303. The Morgan fingerprint density at radius 1 is 1.38 bits per heavy atom. The van der Waals surface area contributed by atoms with Crippen molar-refractivity contribution in [2.45, 2.75) is 12.4 Å². The van der Waals surface area contributed by atoms with Gasteiger partial charge < -0.3 is 4.90 Å². The van der Waals surface area contributed by atoms with E-state index in [4.69, 9.17) is 0 Å². The molecule has 0 spiro atoms. The fourth-order valence-electron chi connectivity index (χ4n) is 1.51. The van der Waals surface area contributed by atoms with Crippen LogP contribution in [0, 0.1) is 5.92 Å². The summed E-state index contributed by atoms with van der Waals surface area (Å²) in [5, 5.41) is 1.84. The molecule has 70 valence electrons. The van der Waals surface area contributed by atoms with E-state index >= 15 is 0 Å². The molecule has 2 unspecified atom stereocenters. The van der Waals surface area contributed by atoms with Gasteiger partial charge in [0.2, 0.25) is 11.8 Å². The summed E-state index contributed by atoms with van der Waals surface area (Å²) in [5.74, 6) is -0.735. The van der Waals surface area contributed by atoms with Crippen LogP contribution >= 0.6 is 11.8 Å². The third-order valence-corrected chi connectivity index (χ3v) is 3.40. The van der Waals surface area contributed by atoms with E-state index in [0.717, 1.165) is 0 Å². The molecule has 0 saturated carbocycles. The van der Waals surface area contributed by atoms with Crippen LogP contribution in [0.4, 0.5) is 0 Å². The Labute approximate surface area is 80.6 Å². The van der Waals surface area contributed by atoms with Gasteiger partial charge in [-0.2, -0.15) is 0 Å². The number of rotatable bonds is 0. The molecular formula is C8H10N2O2S. The largest absolute Gasteiger partial charge is 0.315 e. The fourth-order valence-corrected chi connectivity index (χ4v) is 2.45. The molecule has 4 nitrogen and oxygen atoms in total. The van der Waals surface area contributed by atoms with Crippen LogP contribution < -0.4 is 0 Å². The maximum absolute atomic E-state index is 11.6. The Balaban J connectivity index is 2.32. The summed E-state index contributed by atoms with van der Waals surface area (Å²) in [4.78, 5) is 26.3. The molecule has 0 bridgehead atoms. The zero-order valence-corrected chi connectivity index (χ0v) is 8.25. The van der Waals surface area contributed by atoms with Crippen LogP contribution in [0.3, 0.4) is 0 Å². The number of hydrogen-bond donors (Lipinski definition) is 0. The van der Waals surface area contributed by atoms with Gasteiger partial charge in [0.15, 0.2) is 5.50 Å². The molecule has 2 rings (SSSR count). The molecule has 0 aromatic carbocycles. The van der Waals surface area contributed by atoms with Gasteiger partial charge in [-0.15, -0.1) is 0 Å². The van der Waals surface area contributed by atoms with Gasteiger partial charge in [0.1, 0.15) is 5.92 Å². The van der Waals surface area contributed by atoms with Crippen molar-refractivity contribution in [3.63, 3.8) is 0 Å². The van der Waals surface area contributed by atoms with E-state index in [9.17, 15) is 9.59 Å². The number of carbonyl (C=O) groups excluding carboxylic acids is 2. The predicted octanol–water partition coefficient (Wildman–Crippen LogP) is 0.425. The lowest BCUT2D eigenvalue weighted by Crippen LogP contribution is -2.56. The molecule has 0 radical (unpaired) electrons. The highest BCUT2D eigenvalue weighted by atomic mass is 32.2. The molecule has 0 N–H and O–H groups in total. The highest BCUT2D eigenvalue weighted by molar-refractivity contribution is 8.02. The molecule has 2 heterocycles. The number of fused-ring (bicyclic) bond motifs is 1. The van der Waals surface area contributed by atoms with E-state index in [-0.39, 0.29) is 17.3 Å². The number of nitrogens with zero attached hydrogens (tertiary/aromatic N) is 2. The summed E-state index contributed by atoms with van der Waals surface area (Å²) in [6.45, 7) is 1.65. The molecule has 1 fully saturated rings. The third-order valence-electron chi connectivity index (χ3n) is 2.33. The second kappa shape index (κ2) is 2.77. The monoisotopic (exact) mass is 198 g/mol. The molecule has 1 saturated heterocycles. The van der Waals surface area contributed by atoms with Crippen LogP contribution in [0.25, 0.3) is 0 Å². The molecular weight excluding hydrogens is 188 g/mol. The van der Waals surface area contributed by atoms with E-state index in [2.05, 4.69) is 0 Å². The van der Waals surface area contributed by atoms with Crippen molar-refractivity contribution >= 4 is 23.6 Å². The highest BCUT2D eigenvalue weighted by Crippen LogP contribution is 2.33. The van der Waals surface area contributed by atoms with Crippen molar-refractivity contribution < 1.29 is 9.59 Å². The summed E-state index contributed by atoms with van der Waals surface area (Å²) in [5.41, 5.74) is -0.156. The molecule has 0 aromatic rings. The first-order valence-corrected chi connectivity index (χ1v) is 4.98. The average Bonchev–Trinajstić information content (AvgIpc) is 2.59. The minimum Gasteiger partial charge on any atom is -0.315 e. The van der Waals surface area contributed by atoms with Crippen LogP contribution in [-0.4, -0.2) is 34.2 Å². The highest BCUT2D eigenvalue weighted by Gasteiger charge is 2.42. The van der Waals surface area contributed by atoms with Gasteiger partial charge in [-0.05, 0) is 12.3 Å². The van der Waals surface area contributed by atoms with Gasteiger partial charge in [0.25, 0.3) is 0 Å². The van der Waals surface area contributed by atoms with Gasteiger partial charge >= 0.3 is 0 Å². The topological polar surface area (TPSA) is 40.6 Å². The van der Waals surface area contributed by atoms with Crippen molar-refractivity contribution in [1.29, 1.82) is 0 Å². The second-order valence-corrected chi connectivity index (χ2v) is 4.13. The molecule has 0 aromatic heterocycles. The van der Waals surface area contributed by atoms with E-state index < -0.39 is 5.92 Å². The number of thioether (sulfide) groups is 1. The fraction of sp³-hybridized carbons (Fsp3) is 0.500. The van der Waals surface area contributed by atoms with Crippen LogP contribution in [0.15, 0.2) is 11.6 Å². The standard InChI is InChI=1S/C8H10N2O2S/c1-5-6(11)9(2)8-10(7(5)12)3-4-13-8/h3-5,8H,1-2H3. The molecule has 5 heteroatoms. The molecule has 2 aliphatic rings. The summed E-state index contributed by atoms with van der Waals surface area (Å²) >= 11 is 1.47. The first-order chi connectivity index (χ1) is 6.13. The Hall–Kier alpha value is -0.970. The van der Waals surface area contributed by atoms with Crippen molar-refractivity contribution in [2.75, 3.05) is 7.05 Å². The number of carbonyl (C=O) groups is 2. The minimum absolute atomic E-state index is 0.0950. The normalized spacial score (nSPS) is 32.8. The van der Waals surface area contributed by atoms with Gasteiger partial charge in [0.05, 0.1) is 0 Å². The quantitative estimate of drug-likeness (QED) is 0.530. The maximum atomic E-state index is 11.6. The first-order valence-electron chi connectivity index (χ1n) is 4.04. The van der Waals surface area contributed by atoms with Gasteiger partial charge in [-0.25, -0.2) is 0 Å². The predicted molar refractivity (Wildman–Crippen MR) is 49.3 cm³/mol. The van der Waals surface area contributed by atoms with E-state index in [1.54, 1.807) is 30.0 Å². The van der Waals surface area contributed by atoms with Crippen LogP contribution in [0.5, 0.6) is 0 Å². The van der Waals surface area contributed by atoms with E-state index in [1.165, 1.54) is 11.8 Å². The molecule has 2 amide bonds. The SMILES string of the molecule is CC1C(=O)N(C)C2SC=CN2C1=O. The Morgan fingerprint density at radius 2 is 2.08 bits per heavy atom. The van der Waals surface area contributed by atoms with Crippen LogP contribution in [-0.2, 0) is 9.59 Å². The van der Waals surface area contributed by atoms with Crippen LogP contribution in [0.1, 0.15) is 6.92 Å². The van der Waals surface area contributed by atoms with Crippen molar-refractivity contribution in [1.82, 2.24) is 9.80 Å². The second-order valence-electron chi connectivity index (χ2n) is 3.16. The molecule has 0 aliphatic carbocycles. The van der Waals surface area contributed by atoms with Gasteiger partial charge in [-0.1, -0.05) is 11.8 Å². The lowest BCUT2D eigenvalue weighted by Gasteiger charge is -2.38. The van der Waals surface area contributed by atoms with Crippen molar-refractivity contribution in [3.05, 3.63) is 11.6 Å². The third kappa shape index (κ3) is 1.07. The summed E-state index contributed by atoms with van der Waals surface area (Å²) in [6.07, 6.45) is 1.73. The number of hydrogen-bond acceptors (Lipinski definition) is 3. The van der Waals surface area contributed by atoms with Crippen molar-refractivity contribution in [2.24, 2.45) is 5.92 Å². The maximum Gasteiger partial charge on any atom is 0.241 e. The Morgan fingerprint density at radius 3 is 2.77 bits per heavy atom. The average molecular weight is 198 g/mol. The van der Waals surface area contributed by atoms with Gasteiger partial charge in [-0.3, -0.25) is 14.5 Å². The summed E-state index contributed by atoms with van der Waals surface area (Å²) in [7, 11) is 1.73. The van der Waals surface area contributed by atoms with E-state index in [0.29, 0.717) is 0 Å². The number of amides is 2. The van der Waals surface area contributed by atoms with Gasteiger partial charge in [0, 0.05) is 13.2 Å². The lowest BCUT2D eigenvalue weighted by molar-refractivity contribution is -0.154. The summed E-state index contributed by atoms with van der Waals surface area (Å²) < 4.78 is 0. The zero-order chi connectivity index (χ0) is 9.59. The van der Waals surface area contributed by atoms with Crippen molar-refractivity contribution in [3.8, 4) is 0 Å². The Kier molecular flexibility index (Phi) is 1.83. The van der Waals surface area contributed by atoms with E-state index in [1.807, 2.05) is 5.41 Å². The van der Waals surface area contributed by atoms with Crippen LogP contribution in [0.2, 0.25) is 0 Å². The molecule has 13 heavy (non-hydrogen) atoms. The minimum atomic E-state index is -0.537. The molecule has 2 aliphatic heterocycles.